The fraction of sp³-hybridized carbons (Fsp3) is 0.182. The summed E-state index contributed by atoms with van der Waals surface area (Å²) in [6.45, 7) is 1.03. The Balaban J connectivity index is 1.68. The van der Waals surface area contributed by atoms with Gasteiger partial charge < -0.3 is 9.30 Å². The highest BCUT2D eigenvalue weighted by Gasteiger charge is 2.10. The molecule has 0 atom stereocenters. The molecule has 1 amide bonds. The van der Waals surface area contributed by atoms with Gasteiger partial charge in [0.2, 0.25) is 0 Å². The first-order valence-electron chi connectivity index (χ1n) is 8.97. The Labute approximate surface area is 165 Å². The second-order valence-electron chi connectivity index (χ2n) is 6.50. The number of ether oxygens (including phenoxy) is 1. The van der Waals surface area contributed by atoms with Crippen LogP contribution in [0.3, 0.4) is 0 Å². The van der Waals surface area contributed by atoms with E-state index in [0.717, 1.165) is 26.6 Å². The zero-order chi connectivity index (χ0) is 19.5. The highest BCUT2D eigenvalue weighted by atomic mass is 32.1. The molecule has 1 aromatic heterocycles. The molecule has 142 valence electrons. The smallest absolute Gasteiger partial charge is 0.252 e. The molecule has 0 unspecified atom stereocenters. The summed E-state index contributed by atoms with van der Waals surface area (Å²) < 4.78 is 21.4. The van der Waals surface area contributed by atoms with Crippen LogP contribution in [-0.2, 0) is 22.5 Å². The molecular formula is C22H19FN2O2S. The normalized spacial score (nSPS) is 12.1. The number of nitrogens with zero attached hydrogens (tertiary/aromatic N) is 2. The first-order chi connectivity index (χ1) is 13.6. The summed E-state index contributed by atoms with van der Waals surface area (Å²) in [5, 5.41) is 2.24. The summed E-state index contributed by atoms with van der Waals surface area (Å²) in [5.74, 6) is -0.532. The second-order valence-corrected chi connectivity index (χ2v) is 7.51. The third kappa shape index (κ3) is 3.88. The van der Waals surface area contributed by atoms with E-state index in [9.17, 15) is 9.18 Å². The number of amides is 1. The average molecular weight is 394 g/mol. The Morgan fingerprint density at radius 1 is 1.11 bits per heavy atom. The maximum atomic E-state index is 13.6. The number of halogens is 1. The first kappa shape index (κ1) is 18.5. The standard InChI is InChI=1S/C22H19FN2O2S/c1-27-11-10-25-19-9-8-18(23)14-20(19)28-22(25)24-21(26)13-15-6-7-16-4-2-3-5-17(16)12-15/h2-9,12,14H,10-11,13H2,1H3. The quantitative estimate of drug-likeness (QED) is 0.506. The molecule has 0 fully saturated rings. The molecule has 0 bridgehead atoms. The lowest BCUT2D eigenvalue weighted by atomic mass is 10.1. The molecule has 0 saturated carbocycles. The molecule has 0 aliphatic rings. The van der Waals surface area contributed by atoms with Crippen molar-refractivity contribution in [1.29, 1.82) is 0 Å². The van der Waals surface area contributed by atoms with E-state index in [1.165, 1.54) is 23.5 Å². The SMILES string of the molecule is COCCn1c(=NC(=O)Cc2ccc3ccccc3c2)sc2cc(F)ccc21. The first-order valence-corrected chi connectivity index (χ1v) is 9.79. The number of aromatic nitrogens is 1. The minimum absolute atomic E-state index is 0.220. The Bertz CT molecular complexity index is 1230. The number of carbonyl (C=O) groups is 1. The third-order valence-corrected chi connectivity index (χ3v) is 5.59. The molecule has 4 rings (SSSR count). The number of carbonyl (C=O) groups excluding carboxylic acids is 1. The van der Waals surface area contributed by atoms with Crippen LogP contribution in [0.25, 0.3) is 21.0 Å². The van der Waals surface area contributed by atoms with E-state index >= 15 is 0 Å². The van der Waals surface area contributed by atoms with Crippen LogP contribution in [0.5, 0.6) is 0 Å². The van der Waals surface area contributed by atoms with E-state index in [0.29, 0.717) is 18.0 Å². The molecule has 6 heteroatoms. The van der Waals surface area contributed by atoms with Gasteiger partial charge >= 0.3 is 0 Å². The van der Waals surface area contributed by atoms with E-state index in [1.54, 1.807) is 13.2 Å². The largest absolute Gasteiger partial charge is 0.383 e. The minimum Gasteiger partial charge on any atom is -0.383 e. The highest BCUT2D eigenvalue weighted by molar-refractivity contribution is 7.16. The van der Waals surface area contributed by atoms with Gasteiger partial charge in [0.25, 0.3) is 5.91 Å². The molecule has 1 heterocycles. The molecule has 0 spiro atoms. The van der Waals surface area contributed by atoms with E-state index < -0.39 is 0 Å². The van der Waals surface area contributed by atoms with Crippen LogP contribution in [0.2, 0.25) is 0 Å². The monoisotopic (exact) mass is 394 g/mol. The van der Waals surface area contributed by atoms with Crippen molar-refractivity contribution < 1.29 is 13.9 Å². The molecule has 0 aliphatic heterocycles. The zero-order valence-corrected chi connectivity index (χ0v) is 16.2. The number of rotatable bonds is 5. The van der Waals surface area contributed by atoms with Gasteiger partial charge in [0.1, 0.15) is 5.82 Å². The summed E-state index contributed by atoms with van der Waals surface area (Å²) in [6.07, 6.45) is 0.220. The minimum atomic E-state index is -0.304. The van der Waals surface area contributed by atoms with Gasteiger partial charge in [-0.1, -0.05) is 53.8 Å². The average Bonchev–Trinajstić information content (AvgIpc) is 3.01. The zero-order valence-electron chi connectivity index (χ0n) is 15.4. The number of thiazole rings is 1. The predicted molar refractivity (Wildman–Crippen MR) is 110 cm³/mol. The van der Waals surface area contributed by atoms with Crippen LogP contribution in [-0.4, -0.2) is 24.2 Å². The van der Waals surface area contributed by atoms with Crippen LogP contribution in [0.15, 0.2) is 65.7 Å². The molecule has 0 radical (unpaired) electrons. The topological polar surface area (TPSA) is 43.6 Å². The highest BCUT2D eigenvalue weighted by Crippen LogP contribution is 2.19. The van der Waals surface area contributed by atoms with Crippen LogP contribution >= 0.6 is 11.3 Å². The maximum absolute atomic E-state index is 13.6. The maximum Gasteiger partial charge on any atom is 0.252 e. The van der Waals surface area contributed by atoms with Gasteiger partial charge in [-0.2, -0.15) is 4.99 Å². The van der Waals surface area contributed by atoms with Crippen LogP contribution < -0.4 is 4.80 Å². The van der Waals surface area contributed by atoms with E-state index in [1.807, 2.05) is 47.0 Å². The third-order valence-electron chi connectivity index (χ3n) is 4.55. The van der Waals surface area contributed by atoms with Crippen LogP contribution in [0, 0.1) is 5.82 Å². The summed E-state index contributed by atoms with van der Waals surface area (Å²) >= 11 is 1.31. The Kier molecular flexibility index (Phi) is 5.32. The van der Waals surface area contributed by atoms with Crippen molar-refractivity contribution in [2.75, 3.05) is 13.7 Å². The summed E-state index contributed by atoms with van der Waals surface area (Å²) in [6, 6.07) is 18.6. The van der Waals surface area contributed by atoms with Crippen molar-refractivity contribution in [3.63, 3.8) is 0 Å². The molecule has 3 aromatic carbocycles. The van der Waals surface area contributed by atoms with Gasteiger partial charge in [-0.25, -0.2) is 4.39 Å². The van der Waals surface area contributed by atoms with Gasteiger partial charge in [-0.3, -0.25) is 4.79 Å². The molecule has 4 aromatic rings. The number of methoxy groups -OCH3 is 1. The van der Waals surface area contributed by atoms with Crippen LogP contribution in [0.4, 0.5) is 4.39 Å². The van der Waals surface area contributed by atoms with Crippen molar-refractivity contribution in [2.24, 2.45) is 4.99 Å². The fourth-order valence-corrected chi connectivity index (χ4v) is 4.30. The molecule has 0 saturated heterocycles. The lowest BCUT2D eigenvalue weighted by Gasteiger charge is -2.04. The number of benzene rings is 3. The predicted octanol–water partition coefficient (Wildman–Crippen LogP) is 4.31. The van der Waals surface area contributed by atoms with E-state index in [2.05, 4.69) is 4.99 Å². The number of hydrogen-bond donors (Lipinski definition) is 0. The van der Waals surface area contributed by atoms with E-state index in [-0.39, 0.29) is 18.1 Å². The van der Waals surface area contributed by atoms with Crippen molar-refractivity contribution >= 4 is 38.2 Å². The Morgan fingerprint density at radius 3 is 2.75 bits per heavy atom. The van der Waals surface area contributed by atoms with Gasteiger partial charge in [0, 0.05) is 13.7 Å². The van der Waals surface area contributed by atoms with Crippen molar-refractivity contribution in [2.45, 2.75) is 13.0 Å². The van der Waals surface area contributed by atoms with Crippen molar-refractivity contribution in [1.82, 2.24) is 4.57 Å². The lowest BCUT2D eigenvalue weighted by Crippen LogP contribution is -2.19. The number of fused-ring (bicyclic) bond motifs is 2. The second kappa shape index (κ2) is 8.04. The van der Waals surface area contributed by atoms with Gasteiger partial charge in [-0.15, -0.1) is 0 Å². The molecule has 28 heavy (non-hydrogen) atoms. The molecule has 0 N–H and O–H groups in total. The van der Waals surface area contributed by atoms with Crippen molar-refractivity contribution in [3.05, 3.63) is 76.8 Å². The summed E-state index contributed by atoms with van der Waals surface area (Å²) in [4.78, 5) is 17.5. The molecule has 4 nitrogen and oxygen atoms in total. The fourth-order valence-electron chi connectivity index (χ4n) is 3.20. The number of hydrogen-bond acceptors (Lipinski definition) is 3. The summed E-state index contributed by atoms with van der Waals surface area (Å²) in [7, 11) is 1.62. The van der Waals surface area contributed by atoms with Gasteiger partial charge in [-0.05, 0) is 34.5 Å². The Hall–Kier alpha value is -2.83. The molecular weight excluding hydrogens is 375 g/mol. The summed E-state index contributed by atoms with van der Waals surface area (Å²) in [5.41, 5.74) is 1.77. The Morgan fingerprint density at radius 2 is 1.93 bits per heavy atom. The van der Waals surface area contributed by atoms with Crippen molar-refractivity contribution in [3.8, 4) is 0 Å². The van der Waals surface area contributed by atoms with E-state index in [4.69, 9.17) is 4.74 Å². The van der Waals surface area contributed by atoms with Crippen LogP contribution in [0.1, 0.15) is 5.56 Å². The van der Waals surface area contributed by atoms with Gasteiger partial charge in [0.15, 0.2) is 4.80 Å². The lowest BCUT2D eigenvalue weighted by molar-refractivity contribution is -0.117. The molecule has 0 aliphatic carbocycles. The van der Waals surface area contributed by atoms with Gasteiger partial charge in [0.05, 0.1) is 23.2 Å².